The maximum absolute atomic E-state index is 12.8. The number of methoxy groups -OCH3 is 1. The molecule has 2 aliphatic carbocycles. The summed E-state index contributed by atoms with van der Waals surface area (Å²) in [6.07, 6.45) is 14.7. The quantitative estimate of drug-likeness (QED) is 0.381. The van der Waals surface area contributed by atoms with Crippen molar-refractivity contribution in [3.63, 3.8) is 0 Å². The molecule has 0 spiro atoms. The number of esters is 1. The van der Waals surface area contributed by atoms with E-state index >= 15 is 0 Å². The number of nitrogens with zero attached hydrogens (tertiary/aromatic N) is 1. The van der Waals surface area contributed by atoms with Gasteiger partial charge in [-0.05, 0) is 76.2 Å². The van der Waals surface area contributed by atoms with E-state index in [1.165, 1.54) is 12.0 Å². The van der Waals surface area contributed by atoms with E-state index < -0.39 is 5.60 Å². The van der Waals surface area contributed by atoms with Crippen molar-refractivity contribution in [2.45, 2.75) is 102 Å². The van der Waals surface area contributed by atoms with Crippen LogP contribution in [0, 0.1) is 29.6 Å². The minimum absolute atomic E-state index is 0.0662. The van der Waals surface area contributed by atoms with Crippen LogP contribution in [0.1, 0.15) is 78.6 Å². The molecule has 0 aromatic carbocycles. The molecule has 6 heteroatoms. The van der Waals surface area contributed by atoms with Crippen LogP contribution in [0.3, 0.4) is 0 Å². The fraction of sp³-hybridized carbons (Fsp3) is 0.710. The Morgan fingerprint density at radius 3 is 2.76 bits per heavy atom. The van der Waals surface area contributed by atoms with Crippen LogP contribution in [-0.4, -0.2) is 46.8 Å². The largest absolute Gasteiger partial charge is 0.492 e. The van der Waals surface area contributed by atoms with Crippen LogP contribution in [0.15, 0.2) is 46.3 Å². The van der Waals surface area contributed by atoms with E-state index in [1.54, 1.807) is 14.0 Å². The van der Waals surface area contributed by atoms with E-state index in [4.69, 9.17) is 14.2 Å². The number of aliphatic hydroxyl groups is 1. The van der Waals surface area contributed by atoms with Crippen molar-refractivity contribution in [2.75, 3.05) is 7.11 Å². The van der Waals surface area contributed by atoms with Crippen molar-refractivity contribution in [3.05, 3.63) is 46.3 Å². The van der Waals surface area contributed by atoms with E-state index in [2.05, 4.69) is 30.9 Å². The Balaban J connectivity index is 1.28. The van der Waals surface area contributed by atoms with E-state index in [9.17, 15) is 9.90 Å². The number of cyclic esters (lactones) is 1. The topological polar surface area (TPSA) is 68.2 Å². The second kappa shape index (κ2) is 8.47. The van der Waals surface area contributed by atoms with Crippen molar-refractivity contribution in [1.29, 1.82) is 0 Å². The van der Waals surface area contributed by atoms with Gasteiger partial charge in [0.2, 0.25) is 5.76 Å². The van der Waals surface area contributed by atoms with Gasteiger partial charge in [-0.15, -0.1) is 0 Å². The second-order valence-corrected chi connectivity index (χ2v) is 12.9. The van der Waals surface area contributed by atoms with Crippen molar-refractivity contribution >= 4 is 5.97 Å². The Bertz CT molecular complexity index is 1150. The number of hydrogen-bond acceptors (Lipinski definition) is 6. The van der Waals surface area contributed by atoms with Gasteiger partial charge in [-0.2, -0.15) is 0 Å². The first kappa shape index (κ1) is 24.0. The Hall–Kier alpha value is -2.05. The predicted molar refractivity (Wildman–Crippen MR) is 139 cm³/mol. The molecule has 0 amide bonds. The summed E-state index contributed by atoms with van der Waals surface area (Å²) in [6.45, 7) is 6.30. The summed E-state index contributed by atoms with van der Waals surface area (Å²) in [5, 5.41) is 12.8. The third kappa shape index (κ3) is 3.27. The highest BCUT2D eigenvalue weighted by Crippen LogP contribution is 2.59. The lowest BCUT2D eigenvalue weighted by Crippen LogP contribution is -2.72. The molecule has 5 aliphatic heterocycles. The molecule has 7 rings (SSSR count). The number of carbonyl (C=O) groups excluding carboxylic acids is 1. The first-order valence-corrected chi connectivity index (χ1v) is 14.6. The van der Waals surface area contributed by atoms with Crippen molar-refractivity contribution < 1.29 is 24.1 Å². The molecule has 0 aromatic rings. The zero-order chi connectivity index (χ0) is 25.6. The van der Waals surface area contributed by atoms with Crippen LogP contribution in [0.5, 0.6) is 0 Å². The minimum atomic E-state index is -0.632. The van der Waals surface area contributed by atoms with E-state index in [-0.39, 0.29) is 23.8 Å². The van der Waals surface area contributed by atoms with Crippen molar-refractivity contribution in [3.8, 4) is 0 Å². The van der Waals surface area contributed by atoms with Gasteiger partial charge in [0.05, 0.1) is 18.3 Å². The van der Waals surface area contributed by atoms with Gasteiger partial charge in [0.15, 0.2) is 11.5 Å². The summed E-state index contributed by atoms with van der Waals surface area (Å²) in [7, 11) is 1.58. The van der Waals surface area contributed by atoms with E-state index in [0.29, 0.717) is 46.9 Å². The van der Waals surface area contributed by atoms with Gasteiger partial charge in [-0.3, -0.25) is 4.90 Å². The first-order chi connectivity index (χ1) is 17.8. The van der Waals surface area contributed by atoms with Gasteiger partial charge in [-0.25, -0.2) is 4.79 Å². The van der Waals surface area contributed by atoms with Gasteiger partial charge in [-0.1, -0.05) is 31.9 Å². The number of ether oxygens (including phenoxy) is 3. The Morgan fingerprint density at radius 1 is 1.11 bits per heavy atom. The standard InChI is InChI=1S/C31H41NO5/c1-16-8-9-19-10-11-20-15-21-12-13-24-26(17(2)28(36-24)29-27(35-4)18(3)30(33)37-29)23-6-5-7-25(32(21)23)31(20,34)22(19)14-16/h9,13,16-17,20-23,25-26,34H,5-8,10-12,14-15H2,1-4H3/b29-28+/t16-,17+,20+,21-,22+,23+,25+,26-,31+/m1/s1. The summed E-state index contributed by atoms with van der Waals surface area (Å²) in [5.74, 6) is 3.91. The van der Waals surface area contributed by atoms with Crippen LogP contribution in [0.2, 0.25) is 0 Å². The molecule has 1 N–H and O–H groups in total. The smallest absolute Gasteiger partial charge is 0.343 e. The average molecular weight is 508 g/mol. The Labute approximate surface area is 220 Å². The predicted octanol–water partition coefficient (Wildman–Crippen LogP) is 5.35. The highest BCUT2D eigenvalue weighted by atomic mass is 16.6. The Kier molecular flexibility index (Phi) is 5.50. The highest BCUT2D eigenvalue weighted by molar-refractivity contribution is 5.93. The van der Waals surface area contributed by atoms with Crippen LogP contribution in [0.4, 0.5) is 0 Å². The molecule has 5 heterocycles. The first-order valence-electron chi connectivity index (χ1n) is 14.6. The molecule has 200 valence electrons. The third-order valence-corrected chi connectivity index (χ3v) is 11.1. The third-order valence-electron chi connectivity index (χ3n) is 11.1. The molecule has 7 aliphatic rings. The number of allylic oxidation sites excluding steroid dienone is 2. The van der Waals surface area contributed by atoms with Crippen LogP contribution >= 0.6 is 0 Å². The zero-order valence-corrected chi connectivity index (χ0v) is 22.7. The SMILES string of the molecule is COC1=C(C)C(=O)O/C1=C1/OC2=CC[C@@H]3C[C@@H]4CCC5=CC[C@@H](C)C[C@@H]5[C@]4(O)[C@@H]4CCC[C@@H]([C@H]2[C@@H]1C)N34. The fourth-order valence-electron chi connectivity index (χ4n) is 9.44. The van der Waals surface area contributed by atoms with Gasteiger partial charge in [0.25, 0.3) is 0 Å². The number of carbonyl (C=O) groups is 1. The van der Waals surface area contributed by atoms with Gasteiger partial charge in [0, 0.05) is 35.9 Å². The summed E-state index contributed by atoms with van der Waals surface area (Å²) in [4.78, 5) is 15.1. The van der Waals surface area contributed by atoms with Crippen molar-refractivity contribution in [2.24, 2.45) is 29.6 Å². The molecule has 0 bridgehead atoms. The zero-order valence-electron chi connectivity index (χ0n) is 22.7. The number of fused-ring (bicyclic) bond motifs is 6. The lowest BCUT2D eigenvalue weighted by Gasteiger charge is -2.64. The fourth-order valence-corrected chi connectivity index (χ4v) is 9.44. The highest BCUT2D eigenvalue weighted by Gasteiger charge is 2.63. The Morgan fingerprint density at radius 2 is 1.95 bits per heavy atom. The molecular weight excluding hydrogens is 466 g/mol. The summed E-state index contributed by atoms with van der Waals surface area (Å²) >= 11 is 0. The molecule has 3 saturated heterocycles. The minimum Gasteiger partial charge on any atom is -0.492 e. The molecule has 9 atom stereocenters. The van der Waals surface area contributed by atoms with Gasteiger partial charge < -0.3 is 19.3 Å². The van der Waals surface area contributed by atoms with E-state index in [0.717, 1.165) is 62.9 Å². The molecule has 4 fully saturated rings. The van der Waals surface area contributed by atoms with Gasteiger partial charge >= 0.3 is 5.97 Å². The molecule has 6 nitrogen and oxygen atoms in total. The summed E-state index contributed by atoms with van der Waals surface area (Å²) in [5.41, 5.74) is 1.40. The lowest BCUT2D eigenvalue weighted by atomic mass is 9.54. The van der Waals surface area contributed by atoms with E-state index in [1.807, 2.05) is 0 Å². The van der Waals surface area contributed by atoms with Crippen LogP contribution in [0.25, 0.3) is 0 Å². The number of hydrogen-bond donors (Lipinski definition) is 1. The molecule has 0 radical (unpaired) electrons. The van der Waals surface area contributed by atoms with Crippen molar-refractivity contribution in [1.82, 2.24) is 4.90 Å². The van der Waals surface area contributed by atoms with Crippen LogP contribution < -0.4 is 0 Å². The summed E-state index contributed by atoms with van der Waals surface area (Å²) < 4.78 is 17.8. The molecule has 1 saturated carbocycles. The monoisotopic (exact) mass is 507 g/mol. The summed E-state index contributed by atoms with van der Waals surface area (Å²) in [6, 6.07) is 0.976. The molecule has 0 aromatic heterocycles. The lowest BCUT2D eigenvalue weighted by molar-refractivity contribution is -0.203. The molecular formula is C31H41NO5. The normalized spacial score (nSPS) is 47.0. The maximum Gasteiger partial charge on any atom is 0.343 e. The number of piperidine rings is 2. The number of rotatable bonds is 1. The maximum atomic E-state index is 12.8. The second-order valence-electron chi connectivity index (χ2n) is 12.9. The van der Waals surface area contributed by atoms with Crippen LogP contribution in [-0.2, 0) is 19.0 Å². The average Bonchev–Trinajstić information content (AvgIpc) is 3.31. The molecule has 37 heavy (non-hydrogen) atoms. The van der Waals surface area contributed by atoms with Gasteiger partial charge in [0.1, 0.15) is 5.76 Å². The molecule has 0 unspecified atom stereocenters.